The van der Waals surface area contributed by atoms with Gasteiger partial charge in [-0.05, 0) is 31.2 Å². The van der Waals surface area contributed by atoms with Crippen LogP contribution < -0.4 is 4.72 Å². The molecule has 0 aromatic heterocycles. The van der Waals surface area contributed by atoms with E-state index in [1.54, 1.807) is 55.5 Å². The van der Waals surface area contributed by atoms with Crippen LogP contribution >= 0.6 is 0 Å². The van der Waals surface area contributed by atoms with Crippen molar-refractivity contribution >= 4 is 21.5 Å². The van der Waals surface area contributed by atoms with Crippen LogP contribution in [0.15, 0.2) is 54.6 Å². The largest absolute Gasteiger partial charge is 0.289 e. The van der Waals surface area contributed by atoms with E-state index in [4.69, 9.17) is 0 Å². The molecule has 20 heavy (non-hydrogen) atoms. The average molecular weight is 289 g/mol. The fourth-order valence-electron chi connectivity index (χ4n) is 1.70. The Hall–Kier alpha value is -2.14. The molecule has 0 aliphatic rings. The number of ketones is 1. The van der Waals surface area contributed by atoms with E-state index in [0.717, 1.165) is 0 Å². The van der Waals surface area contributed by atoms with Gasteiger partial charge < -0.3 is 0 Å². The van der Waals surface area contributed by atoms with Gasteiger partial charge >= 0.3 is 0 Å². The summed E-state index contributed by atoms with van der Waals surface area (Å²) in [4.78, 5) is 12.2. The minimum atomic E-state index is -3.29. The SMILES string of the molecule is CCS(=O)(=O)Nc1ccc(C(=O)c2ccccc2)cc1. The van der Waals surface area contributed by atoms with E-state index >= 15 is 0 Å². The van der Waals surface area contributed by atoms with Crippen LogP contribution in [0.5, 0.6) is 0 Å². The molecule has 2 aromatic rings. The highest BCUT2D eigenvalue weighted by atomic mass is 32.2. The number of carbonyl (C=O) groups excluding carboxylic acids is 1. The molecule has 0 bridgehead atoms. The first-order valence-electron chi connectivity index (χ1n) is 6.22. The first-order chi connectivity index (χ1) is 9.52. The minimum absolute atomic E-state index is 0.0116. The number of anilines is 1. The van der Waals surface area contributed by atoms with Crippen molar-refractivity contribution in [3.63, 3.8) is 0 Å². The van der Waals surface area contributed by atoms with Crippen LogP contribution in [-0.2, 0) is 10.0 Å². The second-order valence-electron chi connectivity index (χ2n) is 4.28. The van der Waals surface area contributed by atoms with E-state index in [0.29, 0.717) is 16.8 Å². The molecular formula is C15H15NO3S. The summed E-state index contributed by atoms with van der Waals surface area (Å²) in [6, 6.07) is 15.3. The Morgan fingerprint density at radius 3 is 2.05 bits per heavy atom. The van der Waals surface area contributed by atoms with E-state index in [1.807, 2.05) is 6.07 Å². The molecule has 0 radical (unpaired) electrons. The van der Waals surface area contributed by atoms with Gasteiger partial charge in [-0.1, -0.05) is 30.3 Å². The standard InChI is InChI=1S/C15H15NO3S/c1-2-20(18,19)16-14-10-8-13(9-11-14)15(17)12-6-4-3-5-7-12/h3-11,16H,2H2,1H3. The van der Waals surface area contributed by atoms with Gasteiger partial charge in [-0.25, -0.2) is 8.42 Å². The number of hydrogen-bond acceptors (Lipinski definition) is 3. The van der Waals surface area contributed by atoms with Gasteiger partial charge in [0.15, 0.2) is 5.78 Å². The highest BCUT2D eigenvalue weighted by Crippen LogP contribution is 2.14. The van der Waals surface area contributed by atoms with Crippen molar-refractivity contribution in [3.05, 3.63) is 65.7 Å². The molecule has 4 nitrogen and oxygen atoms in total. The van der Waals surface area contributed by atoms with Crippen LogP contribution in [0.2, 0.25) is 0 Å². The summed E-state index contributed by atoms with van der Waals surface area (Å²) < 4.78 is 25.3. The molecule has 0 fully saturated rings. The van der Waals surface area contributed by atoms with Gasteiger partial charge in [-0.2, -0.15) is 0 Å². The third kappa shape index (κ3) is 3.45. The zero-order valence-electron chi connectivity index (χ0n) is 11.0. The molecule has 2 rings (SSSR count). The third-order valence-corrected chi connectivity index (χ3v) is 4.14. The molecule has 0 atom stereocenters. The molecule has 0 amide bonds. The normalized spacial score (nSPS) is 11.1. The van der Waals surface area contributed by atoms with Crippen molar-refractivity contribution in [2.75, 3.05) is 10.5 Å². The van der Waals surface area contributed by atoms with Crippen molar-refractivity contribution in [2.24, 2.45) is 0 Å². The van der Waals surface area contributed by atoms with E-state index in [9.17, 15) is 13.2 Å². The fourth-order valence-corrected chi connectivity index (χ4v) is 2.34. The van der Waals surface area contributed by atoms with E-state index in [-0.39, 0.29) is 11.5 Å². The lowest BCUT2D eigenvalue weighted by Gasteiger charge is -2.06. The van der Waals surface area contributed by atoms with Crippen LogP contribution in [0.3, 0.4) is 0 Å². The van der Waals surface area contributed by atoms with Gasteiger partial charge in [0.2, 0.25) is 10.0 Å². The van der Waals surface area contributed by atoms with Gasteiger partial charge in [0, 0.05) is 16.8 Å². The molecule has 5 heteroatoms. The number of hydrogen-bond donors (Lipinski definition) is 1. The molecule has 0 unspecified atom stereocenters. The minimum Gasteiger partial charge on any atom is -0.289 e. The quantitative estimate of drug-likeness (QED) is 0.861. The second kappa shape index (κ2) is 5.88. The maximum Gasteiger partial charge on any atom is 0.232 e. The van der Waals surface area contributed by atoms with E-state index < -0.39 is 10.0 Å². The maximum atomic E-state index is 12.2. The molecule has 2 aromatic carbocycles. The smallest absolute Gasteiger partial charge is 0.232 e. The fraction of sp³-hybridized carbons (Fsp3) is 0.133. The van der Waals surface area contributed by atoms with Crippen molar-refractivity contribution in [3.8, 4) is 0 Å². The maximum absolute atomic E-state index is 12.2. The Bertz CT molecular complexity index is 692. The predicted octanol–water partition coefficient (Wildman–Crippen LogP) is 2.68. The van der Waals surface area contributed by atoms with Gasteiger partial charge in [0.05, 0.1) is 5.75 Å². The third-order valence-electron chi connectivity index (χ3n) is 2.84. The summed E-state index contributed by atoms with van der Waals surface area (Å²) in [5.41, 5.74) is 1.58. The summed E-state index contributed by atoms with van der Waals surface area (Å²) in [6.07, 6.45) is 0. The van der Waals surface area contributed by atoms with Gasteiger partial charge in [-0.15, -0.1) is 0 Å². The Kier molecular flexibility index (Phi) is 4.20. The zero-order valence-corrected chi connectivity index (χ0v) is 11.9. The number of carbonyl (C=O) groups is 1. The van der Waals surface area contributed by atoms with Crippen molar-refractivity contribution in [1.82, 2.24) is 0 Å². The molecule has 0 aliphatic carbocycles. The number of rotatable bonds is 5. The topological polar surface area (TPSA) is 63.2 Å². The van der Waals surface area contributed by atoms with Crippen LogP contribution in [0.25, 0.3) is 0 Å². The van der Waals surface area contributed by atoms with Crippen molar-refractivity contribution < 1.29 is 13.2 Å². The zero-order chi connectivity index (χ0) is 14.6. The molecule has 0 saturated carbocycles. The summed E-state index contributed by atoms with van der Waals surface area (Å²) in [7, 11) is -3.29. The van der Waals surface area contributed by atoms with Gasteiger partial charge in [0.25, 0.3) is 0 Å². The molecule has 1 N–H and O–H groups in total. The number of benzene rings is 2. The first kappa shape index (κ1) is 14.3. The molecule has 0 aliphatic heterocycles. The van der Waals surface area contributed by atoms with Gasteiger partial charge in [0.1, 0.15) is 0 Å². The highest BCUT2D eigenvalue weighted by Gasteiger charge is 2.10. The number of nitrogens with one attached hydrogen (secondary N) is 1. The first-order valence-corrected chi connectivity index (χ1v) is 7.87. The number of sulfonamides is 1. The lowest BCUT2D eigenvalue weighted by molar-refractivity contribution is 0.103. The summed E-state index contributed by atoms with van der Waals surface area (Å²) in [6.45, 7) is 1.57. The Morgan fingerprint density at radius 1 is 0.950 bits per heavy atom. The van der Waals surface area contributed by atoms with E-state index in [2.05, 4.69) is 4.72 Å². The summed E-state index contributed by atoms with van der Waals surface area (Å²) in [5.74, 6) is -0.0759. The van der Waals surface area contributed by atoms with Gasteiger partial charge in [-0.3, -0.25) is 9.52 Å². The van der Waals surface area contributed by atoms with Crippen LogP contribution in [0.1, 0.15) is 22.8 Å². The lowest BCUT2D eigenvalue weighted by Crippen LogP contribution is -2.14. The Labute approximate surface area is 118 Å². The van der Waals surface area contributed by atoms with Crippen molar-refractivity contribution in [2.45, 2.75) is 6.92 Å². The molecule has 0 saturated heterocycles. The lowest BCUT2D eigenvalue weighted by atomic mass is 10.0. The Balaban J connectivity index is 2.19. The van der Waals surface area contributed by atoms with Crippen molar-refractivity contribution in [1.29, 1.82) is 0 Å². The molecule has 0 heterocycles. The summed E-state index contributed by atoms with van der Waals surface area (Å²) >= 11 is 0. The average Bonchev–Trinajstić information content (AvgIpc) is 2.48. The highest BCUT2D eigenvalue weighted by molar-refractivity contribution is 7.92. The predicted molar refractivity (Wildman–Crippen MR) is 79.4 cm³/mol. The molecule has 0 spiro atoms. The van der Waals surface area contributed by atoms with Crippen LogP contribution in [0, 0.1) is 0 Å². The van der Waals surface area contributed by atoms with Crippen LogP contribution in [-0.4, -0.2) is 20.0 Å². The molecule has 104 valence electrons. The molecular weight excluding hydrogens is 274 g/mol. The van der Waals surface area contributed by atoms with E-state index in [1.165, 1.54) is 0 Å². The second-order valence-corrected chi connectivity index (χ2v) is 6.29. The van der Waals surface area contributed by atoms with Crippen LogP contribution in [0.4, 0.5) is 5.69 Å². The Morgan fingerprint density at radius 2 is 1.50 bits per heavy atom. The monoisotopic (exact) mass is 289 g/mol. The summed E-state index contributed by atoms with van der Waals surface area (Å²) in [5, 5.41) is 0.